The minimum atomic E-state index is 0.0839. The average Bonchev–Trinajstić information content (AvgIpc) is 3.13. The van der Waals surface area contributed by atoms with Gasteiger partial charge in [-0.05, 0) is 64.8 Å². The SMILES string of the molecule is NC(Cc1ccc2c(c1)CCC2)c1csc2ccccc12. The Morgan fingerprint density at radius 1 is 1.05 bits per heavy atom. The van der Waals surface area contributed by atoms with Gasteiger partial charge in [-0.2, -0.15) is 0 Å². The van der Waals surface area contributed by atoms with Gasteiger partial charge in [0.2, 0.25) is 0 Å². The summed E-state index contributed by atoms with van der Waals surface area (Å²) in [5.41, 5.74) is 12.2. The van der Waals surface area contributed by atoms with Crippen molar-refractivity contribution in [1.82, 2.24) is 0 Å². The lowest BCUT2D eigenvalue weighted by atomic mass is 9.97. The van der Waals surface area contributed by atoms with E-state index in [1.165, 1.54) is 51.6 Å². The largest absolute Gasteiger partial charge is 0.324 e. The fourth-order valence-electron chi connectivity index (χ4n) is 3.40. The van der Waals surface area contributed by atoms with E-state index in [-0.39, 0.29) is 6.04 Å². The zero-order valence-electron chi connectivity index (χ0n) is 12.0. The molecule has 0 fully saturated rings. The third-order valence-corrected chi connectivity index (χ3v) is 5.51. The van der Waals surface area contributed by atoms with Crippen LogP contribution >= 0.6 is 11.3 Å². The Morgan fingerprint density at radius 2 is 1.90 bits per heavy atom. The van der Waals surface area contributed by atoms with Crippen molar-refractivity contribution in [2.75, 3.05) is 0 Å². The smallest absolute Gasteiger partial charge is 0.0350 e. The molecule has 2 aromatic carbocycles. The van der Waals surface area contributed by atoms with Gasteiger partial charge in [0.25, 0.3) is 0 Å². The van der Waals surface area contributed by atoms with Crippen LogP contribution in [0, 0.1) is 0 Å². The van der Waals surface area contributed by atoms with Crippen molar-refractivity contribution >= 4 is 21.4 Å². The highest BCUT2D eigenvalue weighted by Gasteiger charge is 2.15. The summed E-state index contributed by atoms with van der Waals surface area (Å²) in [5.74, 6) is 0. The first-order valence-electron chi connectivity index (χ1n) is 7.63. The lowest BCUT2D eigenvalue weighted by molar-refractivity contribution is 0.729. The normalized spacial score (nSPS) is 15.3. The number of nitrogens with two attached hydrogens (primary N) is 1. The van der Waals surface area contributed by atoms with Gasteiger partial charge in [-0.1, -0.05) is 36.4 Å². The maximum atomic E-state index is 6.49. The quantitative estimate of drug-likeness (QED) is 0.748. The fraction of sp³-hybridized carbons (Fsp3) is 0.263. The standard InChI is InChI=1S/C19H19NS/c20-18(17-12-21-19-7-2-1-6-16(17)19)11-13-8-9-14-4-3-5-15(14)10-13/h1-2,6-10,12,18H,3-5,11,20H2. The van der Waals surface area contributed by atoms with Crippen molar-refractivity contribution in [2.24, 2.45) is 5.73 Å². The lowest BCUT2D eigenvalue weighted by Gasteiger charge is -2.12. The van der Waals surface area contributed by atoms with Gasteiger partial charge in [0.05, 0.1) is 0 Å². The molecule has 1 aliphatic carbocycles. The Morgan fingerprint density at radius 3 is 2.86 bits per heavy atom. The molecule has 0 saturated heterocycles. The molecule has 0 aliphatic heterocycles. The second kappa shape index (κ2) is 5.28. The molecule has 1 unspecified atom stereocenters. The van der Waals surface area contributed by atoms with E-state index in [0.717, 1.165) is 6.42 Å². The van der Waals surface area contributed by atoms with E-state index in [2.05, 4.69) is 47.8 Å². The van der Waals surface area contributed by atoms with E-state index in [4.69, 9.17) is 5.73 Å². The van der Waals surface area contributed by atoms with Gasteiger partial charge in [-0.25, -0.2) is 0 Å². The second-order valence-corrected chi connectivity index (χ2v) is 6.87. The van der Waals surface area contributed by atoms with Crippen LogP contribution in [0.15, 0.2) is 47.8 Å². The molecular formula is C19H19NS. The summed E-state index contributed by atoms with van der Waals surface area (Å²) in [6.45, 7) is 0. The number of aryl methyl sites for hydroxylation is 2. The minimum Gasteiger partial charge on any atom is -0.324 e. The molecule has 1 aromatic heterocycles. The van der Waals surface area contributed by atoms with E-state index in [1.54, 1.807) is 11.3 Å². The van der Waals surface area contributed by atoms with E-state index < -0.39 is 0 Å². The first-order valence-corrected chi connectivity index (χ1v) is 8.51. The molecule has 0 spiro atoms. The summed E-state index contributed by atoms with van der Waals surface area (Å²) < 4.78 is 1.33. The van der Waals surface area contributed by atoms with Crippen molar-refractivity contribution in [1.29, 1.82) is 0 Å². The van der Waals surface area contributed by atoms with Crippen LogP contribution in [0.3, 0.4) is 0 Å². The van der Waals surface area contributed by atoms with Gasteiger partial charge < -0.3 is 5.73 Å². The van der Waals surface area contributed by atoms with E-state index >= 15 is 0 Å². The zero-order valence-corrected chi connectivity index (χ0v) is 12.8. The molecule has 1 aliphatic rings. The summed E-state index contributed by atoms with van der Waals surface area (Å²) in [4.78, 5) is 0. The maximum Gasteiger partial charge on any atom is 0.0350 e. The molecule has 3 aromatic rings. The van der Waals surface area contributed by atoms with Gasteiger partial charge in [0.1, 0.15) is 0 Å². The zero-order chi connectivity index (χ0) is 14.2. The summed E-state index contributed by atoms with van der Waals surface area (Å²) in [7, 11) is 0. The Balaban J connectivity index is 1.62. The number of benzene rings is 2. The molecule has 4 rings (SSSR count). The van der Waals surface area contributed by atoms with Gasteiger partial charge in [-0.3, -0.25) is 0 Å². The van der Waals surface area contributed by atoms with Crippen LogP contribution in [0.4, 0.5) is 0 Å². The Bertz CT molecular complexity index is 787. The fourth-order valence-corrected chi connectivity index (χ4v) is 4.43. The highest BCUT2D eigenvalue weighted by molar-refractivity contribution is 7.17. The molecule has 0 bridgehead atoms. The third kappa shape index (κ3) is 2.39. The van der Waals surface area contributed by atoms with Crippen LogP contribution in [0.25, 0.3) is 10.1 Å². The van der Waals surface area contributed by atoms with Gasteiger partial charge in [0.15, 0.2) is 0 Å². The summed E-state index contributed by atoms with van der Waals surface area (Å²) in [6, 6.07) is 15.6. The van der Waals surface area contributed by atoms with Gasteiger partial charge in [-0.15, -0.1) is 11.3 Å². The topological polar surface area (TPSA) is 26.0 Å². The van der Waals surface area contributed by atoms with Crippen LogP contribution in [0.5, 0.6) is 0 Å². The molecule has 2 N–H and O–H groups in total. The van der Waals surface area contributed by atoms with Crippen molar-refractivity contribution in [2.45, 2.75) is 31.7 Å². The van der Waals surface area contributed by atoms with Crippen molar-refractivity contribution in [3.8, 4) is 0 Å². The predicted molar refractivity (Wildman–Crippen MR) is 90.9 cm³/mol. The molecule has 1 nitrogen and oxygen atoms in total. The van der Waals surface area contributed by atoms with Crippen LogP contribution in [0.2, 0.25) is 0 Å². The molecule has 1 atom stereocenters. The van der Waals surface area contributed by atoms with Crippen molar-refractivity contribution in [3.05, 3.63) is 70.1 Å². The highest BCUT2D eigenvalue weighted by atomic mass is 32.1. The van der Waals surface area contributed by atoms with E-state index in [9.17, 15) is 0 Å². The number of hydrogen-bond acceptors (Lipinski definition) is 2. The maximum absolute atomic E-state index is 6.49. The summed E-state index contributed by atoms with van der Waals surface area (Å²) in [5, 5.41) is 3.54. The van der Waals surface area contributed by atoms with Crippen molar-refractivity contribution in [3.63, 3.8) is 0 Å². The molecule has 0 saturated carbocycles. The first-order chi connectivity index (χ1) is 10.3. The average molecular weight is 293 g/mol. The molecular weight excluding hydrogens is 274 g/mol. The predicted octanol–water partition coefficient (Wildman–Crippen LogP) is 4.63. The Kier molecular flexibility index (Phi) is 3.28. The third-order valence-electron chi connectivity index (χ3n) is 4.53. The number of rotatable bonds is 3. The minimum absolute atomic E-state index is 0.0839. The number of fused-ring (bicyclic) bond motifs is 2. The number of hydrogen-bond donors (Lipinski definition) is 1. The van der Waals surface area contributed by atoms with Gasteiger partial charge >= 0.3 is 0 Å². The molecule has 0 amide bonds. The Hall–Kier alpha value is -1.64. The second-order valence-electron chi connectivity index (χ2n) is 5.95. The first kappa shape index (κ1) is 13.1. The van der Waals surface area contributed by atoms with Crippen LogP contribution < -0.4 is 5.73 Å². The van der Waals surface area contributed by atoms with Crippen LogP contribution in [-0.4, -0.2) is 0 Å². The molecule has 1 heterocycles. The molecule has 106 valence electrons. The highest BCUT2D eigenvalue weighted by Crippen LogP contribution is 2.31. The molecule has 2 heteroatoms. The lowest BCUT2D eigenvalue weighted by Crippen LogP contribution is -2.13. The van der Waals surface area contributed by atoms with Crippen LogP contribution in [0.1, 0.15) is 34.7 Å². The van der Waals surface area contributed by atoms with Gasteiger partial charge in [0, 0.05) is 10.7 Å². The summed E-state index contributed by atoms with van der Waals surface area (Å²) >= 11 is 1.79. The monoisotopic (exact) mass is 293 g/mol. The van der Waals surface area contributed by atoms with E-state index in [1.807, 2.05) is 0 Å². The van der Waals surface area contributed by atoms with Crippen LogP contribution in [-0.2, 0) is 19.3 Å². The molecule has 0 radical (unpaired) electrons. The Labute approximate surface area is 129 Å². The number of thiophene rings is 1. The van der Waals surface area contributed by atoms with E-state index in [0.29, 0.717) is 0 Å². The van der Waals surface area contributed by atoms with Crippen molar-refractivity contribution < 1.29 is 0 Å². The molecule has 21 heavy (non-hydrogen) atoms. The summed E-state index contributed by atoms with van der Waals surface area (Å²) in [6.07, 6.45) is 4.71.